The van der Waals surface area contributed by atoms with E-state index in [0.717, 1.165) is 11.3 Å². The maximum absolute atomic E-state index is 12.2. The van der Waals surface area contributed by atoms with Gasteiger partial charge in [-0.1, -0.05) is 11.3 Å². The monoisotopic (exact) mass is 411 g/mol. The topological polar surface area (TPSA) is 101 Å². The molecule has 1 fully saturated rings. The van der Waals surface area contributed by atoms with Gasteiger partial charge in [0.15, 0.2) is 5.69 Å². The van der Waals surface area contributed by atoms with E-state index < -0.39 is 11.6 Å². The summed E-state index contributed by atoms with van der Waals surface area (Å²) >= 11 is 0. The van der Waals surface area contributed by atoms with Gasteiger partial charge >= 0.3 is 11.9 Å². The zero-order chi connectivity index (χ0) is 21.5. The van der Waals surface area contributed by atoms with E-state index in [2.05, 4.69) is 27.6 Å². The average molecular weight is 411 g/mol. The Kier molecular flexibility index (Phi) is 5.05. The predicted octanol–water partition coefficient (Wildman–Crippen LogP) is 2.52. The highest BCUT2D eigenvalue weighted by molar-refractivity contribution is 5.87. The molecule has 158 valence electrons. The number of rotatable bonds is 6. The van der Waals surface area contributed by atoms with Crippen LogP contribution in [-0.4, -0.2) is 49.0 Å². The number of ether oxygens (including phenoxy) is 2. The Balaban J connectivity index is 1.64. The number of methoxy groups -OCH3 is 1. The van der Waals surface area contributed by atoms with Gasteiger partial charge in [0.1, 0.15) is 11.2 Å². The number of hydrogen-bond donors (Lipinski definition) is 0. The van der Waals surface area contributed by atoms with Gasteiger partial charge in [-0.05, 0) is 51.2 Å². The fraction of sp³-hybridized carbons (Fsp3) is 0.476. The standard InChI is InChI=1S/C21H25N5O4/c1-21(2,3)30-20(28)16-12-25(24-23-16)11-15-17(9-19(27)29-4)26-10-14(13-5-6-13)7-8-18(26)22-15/h7-8,10,12-13H,5-6,9,11H2,1-4H3. The Hall–Kier alpha value is -3.23. The molecule has 0 saturated heterocycles. The molecular formula is C21H25N5O4. The Morgan fingerprint density at radius 1 is 1.20 bits per heavy atom. The van der Waals surface area contributed by atoms with Gasteiger partial charge in [0, 0.05) is 6.20 Å². The smallest absolute Gasteiger partial charge is 0.361 e. The molecule has 0 aromatic carbocycles. The largest absolute Gasteiger partial charge is 0.469 e. The Morgan fingerprint density at radius 3 is 2.63 bits per heavy atom. The Morgan fingerprint density at radius 2 is 1.97 bits per heavy atom. The number of imidazole rings is 1. The Labute approximate surface area is 174 Å². The third-order valence-corrected chi connectivity index (χ3v) is 4.87. The van der Waals surface area contributed by atoms with Crippen LogP contribution in [0.4, 0.5) is 0 Å². The highest BCUT2D eigenvalue weighted by Crippen LogP contribution is 2.40. The first-order valence-electron chi connectivity index (χ1n) is 9.93. The van der Waals surface area contributed by atoms with Crippen LogP contribution in [0.2, 0.25) is 0 Å². The molecule has 30 heavy (non-hydrogen) atoms. The normalized spacial score (nSPS) is 14.1. The molecule has 1 aliphatic carbocycles. The number of fused-ring (bicyclic) bond motifs is 1. The number of nitrogens with zero attached hydrogens (tertiary/aromatic N) is 5. The lowest BCUT2D eigenvalue weighted by Crippen LogP contribution is -2.24. The van der Waals surface area contributed by atoms with Gasteiger partial charge in [-0.3, -0.25) is 4.79 Å². The predicted molar refractivity (Wildman–Crippen MR) is 107 cm³/mol. The van der Waals surface area contributed by atoms with E-state index in [1.807, 2.05) is 10.5 Å². The molecule has 0 aliphatic heterocycles. The van der Waals surface area contributed by atoms with Gasteiger partial charge in [0.2, 0.25) is 0 Å². The second kappa shape index (κ2) is 7.55. The average Bonchev–Trinajstić information content (AvgIpc) is 3.34. The van der Waals surface area contributed by atoms with E-state index in [9.17, 15) is 9.59 Å². The van der Waals surface area contributed by atoms with Crippen molar-refractivity contribution in [3.05, 3.63) is 47.2 Å². The van der Waals surface area contributed by atoms with Crippen LogP contribution >= 0.6 is 0 Å². The van der Waals surface area contributed by atoms with Crippen LogP contribution < -0.4 is 0 Å². The van der Waals surface area contributed by atoms with E-state index >= 15 is 0 Å². The van der Waals surface area contributed by atoms with Gasteiger partial charge < -0.3 is 13.9 Å². The van der Waals surface area contributed by atoms with Crippen molar-refractivity contribution < 1.29 is 19.1 Å². The van der Waals surface area contributed by atoms with E-state index in [1.165, 1.54) is 36.4 Å². The van der Waals surface area contributed by atoms with E-state index in [1.54, 1.807) is 20.8 Å². The van der Waals surface area contributed by atoms with Gasteiger partial charge in [-0.2, -0.15) is 0 Å². The lowest BCUT2D eigenvalue weighted by molar-refractivity contribution is -0.139. The molecule has 0 unspecified atom stereocenters. The highest BCUT2D eigenvalue weighted by Gasteiger charge is 2.25. The molecule has 0 radical (unpaired) electrons. The molecule has 4 rings (SSSR count). The summed E-state index contributed by atoms with van der Waals surface area (Å²) in [4.78, 5) is 28.9. The van der Waals surface area contributed by atoms with Crippen molar-refractivity contribution in [3.8, 4) is 0 Å². The van der Waals surface area contributed by atoms with Crippen LogP contribution in [0.15, 0.2) is 24.5 Å². The molecule has 9 heteroatoms. The minimum Gasteiger partial charge on any atom is -0.469 e. The quantitative estimate of drug-likeness (QED) is 0.575. The molecule has 0 atom stereocenters. The van der Waals surface area contributed by atoms with Crippen LogP contribution in [0, 0.1) is 0 Å². The summed E-state index contributed by atoms with van der Waals surface area (Å²) in [7, 11) is 1.37. The number of esters is 2. The fourth-order valence-corrected chi connectivity index (χ4v) is 3.29. The maximum atomic E-state index is 12.2. The molecule has 1 aliphatic rings. The highest BCUT2D eigenvalue weighted by atomic mass is 16.6. The molecule has 0 bridgehead atoms. The molecule has 3 aromatic rings. The summed E-state index contributed by atoms with van der Waals surface area (Å²) in [6, 6.07) is 4.05. The third-order valence-electron chi connectivity index (χ3n) is 4.87. The number of aromatic nitrogens is 5. The number of hydrogen-bond acceptors (Lipinski definition) is 7. The van der Waals surface area contributed by atoms with Crippen LogP contribution in [0.1, 0.15) is 67.0 Å². The molecule has 3 heterocycles. The molecule has 0 N–H and O–H groups in total. The van der Waals surface area contributed by atoms with Crippen LogP contribution in [0.25, 0.3) is 5.65 Å². The molecule has 1 saturated carbocycles. The Bertz CT molecular complexity index is 1100. The van der Waals surface area contributed by atoms with E-state index in [0.29, 0.717) is 11.6 Å². The molecular weight excluding hydrogens is 386 g/mol. The lowest BCUT2D eigenvalue weighted by Gasteiger charge is -2.18. The minimum absolute atomic E-state index is 0.0920. The molecule has 0 spiro atoms. The van der Waals surface area contributed by atoms with Gasteiger partial charge in [0.05, 0.1) is 37.7 Å². The van der Waals surface area contributed by atoms with Crippen LogP contribution in [-0.2, 0) is 27.2 Å². The van der Waals surface area contributed by atoms with Crippen molar-refractivity contribution in [2.45, 2.75) is 58.1 Å². The summed E-state index contributed by atoms with van der Waals surface area (Å²) in [6.07, 6.45) is 6.04. The van der Waals surface area contributed by atoms with Crippen molar-refractivity contribution in [3.63, 3.8) is 0 Å². The van der Waals surface area contributed by atoms with Crippen molar-refractivity contribution in [1.29, 1.82) is 0 Å². The zero-order valence-corrected chi connectivity index (χ0v) is 17.6. The molecule has 9 nitrogen and oxygen atoms in total. The third kappa shape index (κ3) is 4.34. The fourth-order valence-electron chi connectivity index (χ4n) is 3.29. The summed E-state index contributed by atoms with van der Waals surface area (Å²) in [5, 5.41) is 7.94. The van der Waals surface area contributed by atoms with Gasteiger partial charge in [-0.25, -0.2) is 14.5 Å². The van der Waals surface area contributed by atoms with Crippen LogP contribution in [0.5, 0.6) is 0 Å². The first-order valence-corrected chi connectivity index (χ1v) is 9.93. The molecule has 0 amide bonds. The maximum Gasteiger partial charge on any atom is 0.361 e. The number of carbonyl (C=O) groups excluding carboxylic acids is 2. The summed E-state index contributed by atoms with van der Waals surface area (Å²) in [5.41, 5.74) is 2.92. The number of carbonyl (C=O) groups is 2. The van der Waals surface area contributed by atoms with Crippen molar-refractivity contribution in [2.75, 3.05) is 7.11 Å². The van der Waals surface area contributed by atoms with Crippen LogP contribution in [0.3, 0.4) is 0 Å². The van der Waals surface area contributed by atoms with E-state index in [4.69, 9.17) is 9.47 Å². The second-order valence-electron chi connectivity index (χ2n) is 8.53. The van der Waals surface area contributed by atoms with Crippen molar-refractivity contribution in [1.82, 2.24) is 24.4 Å². The van der Waals surface area contributed by atoms with Crippen molar-refractivity contribution in [2.24, 2.45) is 0 Å². The van der Waals surface area contributed by atoms with E-state index in [-0.39, 0.29) is 24.6 Å². The first-order chi connectivity index (χ1) is 14.2. The lowest BCUT2D eigenvalue weighted by atomic mass is 10.2. The summed E-state index contributed by atoms with van der Waals surface area (Å²) in [6.45, 7) is 5.64. The number of pyridine rings is 1. The van der Waals surface area contributed by atoms with Crippen molar-refractivity contribution >= 4 is 17.6 Å². The van der Waals surface area contributed by atoms with Gasteiger partial charge in [0.25, 0.3) is 0 Å². The summed E-state index contributed by atoms with van der Waals surface area (Å²) in [5.74, 6) is -0.298. The van der Waals surface area contributed by atoms with Gasteiger partial charge in [-0.15, -0.1) is 5.10 Å². The molecule has 3 aromatic heterocycles. The minimum atomic E-state index is -0.616. The SMILES string of the molecule is COC(=O)Cc1c(Cn2cc(C(=O)OC(C)(C)C)nn2)nc2ccc(C3CC3)cn12. The zero-order valence-electron chi connectivity index (χ0n) is 17.6. The summed E-state index contributed by atoms with van der Waals surface area (Å²) < 4.78 is 13.7. The first kappa shape index (κ1) is 20.1. The second-order valence-corrected chi connectivity index (χ2v) is 8.53.